The second-order valence-corrected chi connectivity index (χ2v) is 7.63. The third-order valence-corrected chi connectivity index (χ3v) is 5.92. The summed E-state index contributed by atoms with van der Waals surface area (Å²) in [5.74, 6) is -0.700. The van der Waals surface area contributed by atoms with E-state index in [9.17, 15) is 13.2 Å². The molecule has 0 aliphatic heterocycles. The summed E-state index contributed by atoms with van der Waals surface area (Å²) in [6, 6.07) is 1.24. The zero-order valence-corrected chi connectivity index (χ0v) is 13.3. The average molecular weight is 314 g/mol. The van der Waals surface area contributed by atoms with Crippen LogP contribution < -0.4 is 0 Å². The van der Waals surface area contributed by atoms with Crippen molar-refractivity contribution in [1.29, 1.82) is 0 Å². The second-order valence-electron chi connectivity index (χ2n) is 5.59. The normalized spacial score (nSPS) is 16.7. The number of aryl methyl sites for hydroxylation is 1. The number of carboxylic acid groups (broad SMARTS) is 1. The van der Waals surface area contributed by atoms with Gasteiger partial charge in [0.15, 0.2) is 0 Å². The fourth-order valence-electron chi connectivity index (χ4n) is 2.90. The van der Waals surface area contributed by atoms with Gasteiger partial charge in [-0.3, -0.25) is 0 Å². The fourth-order valence-corrected chi connectivity index (χ4v) is 4.19. The molecule has 1 aromatic heterocycles. The Bertz CT molecular complexity index is 615. The number of aromatic carboxylic acids is 1. The van der Waals surface area contributed by atoms with Gasteiger partial charge < -0.3 is 9.67 Å². The van der Waals surface area contributed by atoms with E-state index >= 15 is 0 Å². The number of nitrogens with zero attached hydrogens (tertiary/aromatic N) is 2. The molecule has 6 nitrogen and oxygen atoms in total. The van der Waals surface area contributed by atoms with Crippen molar-refractivity contribution in [1.82, 2.24) is 8.87 Å². The van der Waals surface area contributed by atoms with Crippen molar-refractivity contribution in [2.45, 2.75) is 44.0 Å². The summed E-state index contributed by atoms with van der Waals surface area (Å²) >= 11 is 0. The van der Waals surface area contributed by atoms with Crippen LogP contribution in [0.4, 0.5) is 0 Å². The predicted molar refractivity (Wildman–Crippen MR) is 78.8 cm³/mol. The van der Waals surface area contributed by atoms with Crippen LogP contribution in [0.25, 0.3) is 0 Å². The first-order chi connectivity index (χ1) is 9.86. The molecule has 0 amide bonds. The zero-order valence-electron chi connectivity index (χ0n) is 12.4. The van der Waals surface area contributed by atoms with Gasteiger partial charge in [-0.15, -0.1) is 0 Å². The summed E-state index contributed by atoms with van der Waals surface area (Å²) in [5, 5.41) is 9.11. The van der Waals surface area contributed by atoms with Gasteiger partial charge in [-0.2, -0.15) is 0 Å². The number of hydrogen-bond acceptors (Lipinski definition) is 3. The smallest absolute Gasteiger partial charge is 0.352 e. The molecular weight excluding hydrogens is 292 g/mol. The minimum Gasteiger partial charge on any atom is -0.477 e. The third kappa shape index (κ3) is 3.29. The SMILES string of the molecule is CCn1cc(S(=O)(=O)N(C)CC2CCCC2)cc1C(=O)O. The Morgan fingerprint density at radius 1 is 1.43 bits per heavy atom. The topological polar surface area (TPSA) is 79.6 Å². The molecule has 1 saturated carbocycles. The molecule has 1 aliphatic carbocycles. The first-order valence-electron chi connectivity index (χ1n) is 7.26. The van der Waals surface area contributed by atoms with E-state index in [4.69, 9.17) is 5.11 Å². The highest BCUT2D eigenvalue weighted by atomic mass is 32.2. The Labute approximate surface area is 125 Å². The van der Waals surface area contributed by atoms with Crippen LogP contribution in [-0.4, -0.2) is 42.0 Å². The molecular formula is C14H22N2O4S. The zero-order chi connectivity index (χ0) is 15.6. The summed E-state index contributed by atoms with van der Waals surface area (Å²) in [6.07, 6.45) is 5.86. The highest BCUT2D eigenvalue weighted by molar-refractivity contribution is 7.89. The first-order valence-corrected chi connectivity index (χ1v) is 8.70. The molecule has 0 atom stereocenters. The van der Waals surface area contributed by atoms with Crippen LogP contribution in [0.5, 0.6) is 0 Å². The number of sulfonamides is 1. The standard InChI is InChI=1S/C14H22N2O4S/c1-3-16-10-12(8-13(16)14(17)18)21(19,20)15(2)9-11-6-4-5-7-11/h8,10-11H,3-7,9H2,1-2H3,(H,17,18). The Morgan fingerprint density at radius 3 is 2.52 bits per heavy atom. The van der Waals surface area contributed by atoms with Crippen molar-refractivity contribution >= 4 is 16.0 Å². The average Bonchev–Trinajstić information content (AvgIpc) is 3.06. The lowest BCUT2D eigenvalue weighted by atomic mass is 10.1. The van der Waals surface area contributed by atoms with Gasteiger partial charge in [0.2, 0.25) is 10.0 Å². The summed E-state index contributed by atoms with van der Waals surface area (Å²) < 4.78 is 27.9. The molecule has 0 radical (unpaired) electrons. The molecule has 7 heteroatoms. The molecule has 1 aliphatic rings. The maximum Gasteiger partial charge on any atom is 0.352 e. The van der Waals surface area contributed by atoms with Crippen molar-refractivity contribution in [3.8, 4) is 0 Å². The molecule has 0 aromatic carbocycles. The first kappa shape index (κ1) is 16.0. The minimum atomic E-state index is -3.62. The van der Waals surface area contributed by atoms with Crippen LogP contribution >= 0.6 is 0 Å². The van der Waals surface area contributed by atoms with E-state index in [1.165, 1.54) is 21.1 Å². The molecule has 1 aromatic rings. The van der Waals surface area contributed by atoms with E-state index < -0.39 is 16.0 Å². The largest absolute Gasteiger partial charge is 0.477 e. The second kappa shape index (κ2) is 6.19. The van der Waals surface area contributed by atoms with Gasteiger partial charge in [-0.25, -0.2) is 17.5 Å². The molecule has 1 N–H and O–H groups in total. The van der Waals surface area contributed by atoms with Crippen LogP contribution in [0.2, 0.25) is 0 Å². The van der Waals surface area contributed by atoms with Crippen molar-refractivity contribution in [2.24, 2.45) is 5.92 Å². The van der Waals surface area contributed by atoms with Gasteiger partial charge in [-0.1, -0.05) is 12.8 Å². The van der Waals surface area contributed by atoms with Crippen LogP contribution in [0.15, 0.2) is 17.2 Å². The van der Waals surface area contributed by atoms with Crippen molar-refractivity contribution in [3.05, 3.63) is 18.0 Å². The van der Waals surface area contributed by atoms with Gasteiger partial charge in [0.1, 0.15) is 10.6 Å². The van der Waals surface area contributed by atoms with E-state index in [0.717, 1.165) is 25.7 Å². The van der Waals surface area contributed by atoms with Crippen LogP contribution in [0, 0.1) is 5.92 Å². The third-order valence-electron chi connectivity index (χ3n) is 4.13. The number of carbonyl (C=O) groups is 1. The van der Waals surface area contributed by atoms with Crippen LogP contribution in [-0.2, 0) is 16.6 Å². The Hall–Kier alpha value is -1.34. The van der Waals surface area contributed by atoms with E-state index in [2.05, 4.69) is 0 Å². The Balaban J connectivity index is 2.23. The monoisotopic (exact) mass is 314 g/mol. The number of hydrogen-bond donors (Lipinski definition) is 1. The molecule has 118 valence electrons. The lowest BCUT2D eigenvalue weighted by Crippen LogP contribution is -2.31. The fraction of sp³-hybridized carbons (Fsp3) is 0.643. The molecule has 0 bridgehead atoms. The number of aromatic nitrogens is 1. The summed E-state index contributed by atoms with van der Waals surface area (Å²) in [7, 11) is -2.06. The highest BCUT2D eigenvalue weighted by Gasteiger charge is 2.28. The lowest BCUT2D eigenvalue weighted by Gasteiger charge is -2.20. The molecule has 0 spiro atoms. The van der Waals surface area contributed by atoms with Crippen molar-refractivity contribution in [3.63, 3.8) is 0 Å². The van der Waals surface area contributed by atoms with Gasteiger partial charge in [0, 0.05) is 26.3 Å². The molecule has 2 rings (SSSR count). The van der Waals surface area contributed by atoms with E-state index in [1.807, 2.05) is 0 Å². The molecule has 0 unspecified atom stereocenters. The van der Waals surface area contributed by atoms with Gasteiger partial charge >= 0.3 is 5.97 Å². The van der Waals surface area contributed by atoms with Gasteiger partial charge in [0.05, 0.1) is 0 Å². The van der Waals surface area contributed by atoms with Crippen LogP contribution in [0.1, 0.15) is 43.1 Å². The predicted octanol–water partition coefficient (Wildman–Crippen LogP) is 2.02. The molecule has 21 heavy (non-hydrogen) atoms. The Kier molecular flexibility index (Phi) is 4.73. The lowest BCUT2D eigenvalue weighted by molar-refractivity contribution is 0.0685. The van der Waals surface area contributed by atoms with Crippen molar-refractivity contribution in [2.75, 3.05) is 13.6 Å². The van der Waals surface area contributed by atoms with Gasteiger partial charge in [-0.05, 0) is 31.7 Å². The molecule has 0 saturated heterocycles. The number of rotatable bonds is 6. The maximum atomic E-state index is 12.5. The summed E-state index contributed by atoms with van der Waals surface area (Å²) in [4.78, 5) is 11.2. The maximum absolute atomic E-state index is 12.5. The van der Waals surface area contributed by atoms with E-state index in [0.29, 0.717) is 19.0 Å². The molecule has 1 heterocycles. The molecule has 1 fully saturated rings. The van der Waals surface area contributed by atoms with Crippen molar-refractivity contribution < 1.29 is 18.3 Å². The Morgan fingerprint density at radius 2 is 2.05 bits per heavy atom. The quantitative estimate of drug-likeness (QED) is 0.871. The minimum absolute atomic E-state index is 0.00495. The van der Waals surface area contributed by atoms with Crippen LogP contribution in [0.3, 0.4) is 0 Å². The van der Waals surface area contributed by atoms with E-state index in [-0.39, 0.29) is 10.6 Å². The van der Waals surface area contributed by atoms with E-state index in [1.54, 1.807) is 14.0 Å². The summed E-state index contributed by atoms with van der Waals surface area (Å²) in [5.41, 5.74) is 0.00495. The van der Waals surface area contributed by atoms with Gasteiger partial charge in [0.25, 0.3) is 0 Å². The summed E-state index contributed by atoms with van der Waals surface area (Å²) in [6.45, 7) is 2.70. The number of carboxylic acids is 1. The highest BCUT2D eigenvalue weighted by Crippen LogP contribution is 2.27.